The van der Waals surface area contributed by atoms with Gasteiger partial charge >= 0.3 is 12.4 Å². The van der Waals surface area contributed by atoms with Crippen molar-refractivity contribution in [3.05, 3.63) is 76.6 Å². The number of rotatable bonds is 3. The molecule has 2 aromatic carbocycles. The molecule has 0 saturated carbocycles. The summed E-state index contributed by atoms with van der Waals surface area (Å²) < 4.78 is 90.6. The molecule has 0 atom stereocenters. The maximum Gasteiger partial charge on any atom is 0.416 e. The topological polar surface area (TPSA) is 35.8 Å². The Morgan fingerprint density at radius 3 is 1.86 bits per heavy atom. The number of hydrogen-bond donors (Lipinski definition) is 1. The molecule has 29 heavy (non-hydrogen) atoms. The molecule has 0 radical (unpaired) electrons. The summed E-state index contributed by atoms with van der Waals surface area (Å²) in [5.41, 5.74) is -1.98. The van der Waals surface area contributed by atoms with E-state index in [0.29, 0.717) is 6.07 Å². The molecule has 0 heterocycles. The van der Waals surface area contributed by atoms with Crippen molar-refractivity contribution in [2.75, 3.05) is 7.05 Å². The van der Waals surface area contributed by atoms with Crippen LogP contribution < -0.4 is 0 Å². The lowest BCUT2D eigenvalue weighted by atomic mass is 10.1. The highest BCUT2D eigenvalue weighted by Gasteiger charge is 2.32. The maximum absolute atomic E-state index is 14.3. The molecule has 0 amide bonds. The predicted molar refractivity (Wildman–Crippen MR) is 92.6 cm³/mol. The Kier molecular flexibility index (Phi) is 6.24. The molecule has 1 N–H and O–H groups in total. The molecule has 2 aromatic rings. The first-order valence-electron chi connectivity index (χ1n) is 8.07. The molecular formula is C19H15F7N2O. The summed E-state index contributed by atoms with van der Waals surface area (Å²) >= 11 is 0. The number of alkyl halides is 6. The van der Waals surface area contributed by atoms with Gasteiger partial charge in [0.25, 0.3) is 0 Å². The van der Waals surface area contributed by atoms with Crippen LogP contribution in [-0.4, -0.2) is 23.0 Å². The fourth-order valence-electron chi connectivity index (χ4n) is 2.67. The first-order valence-corrected chi connectivity index (χ1v) is 8.07. The van der Waals surface area contributed by atoms with Gasteiger partial charge in [0.05, 0.1) is 16.7 Å². The third-order valence-corrected chi connectivity index (χ3v) is 4.09. The van der Waals surface area contributed by atoms with Gasteiger partial charge in [-0.1, -0.05) is 23.4 Å². The van der Waals surface area contributed by atoms with Gasteiger partial charge in [-0.05, 0) is 42.8 Å². The second kappa shape index (κ2) is 8.14. The average molecular weight is 420 g/mol. The van der Waals surface area contributed by atoms with Crippen LogP contribution in [0.3, 0.4) is 0 Å². The molecule has 0 aliphatic carbocycles. The molecule has 10 heteroatoms. The maximum atomic E-state index is 14.3. The number of nitrogens with zero attached hydrogens (tertiary/aromatic N) is 2. The van der Waals surface area contributed by atoms with Crippen molar-refractivity contribution < 1.29 is 35.9 Å². The van der Waals surface area contributed by atoms with Crippen LogP contribution in [0.15, 0.2) is 53.7 Å². The third kappa shape index (κ3) is 4.87. The first-order chi connectivity index (χ1) is 13.4. The Bertz CT molecular complexity index is 929. The predicted octanol–water partition coefficient (Wildman–Crippen LogP) is 5.99. The number of oxime groups is 1. The number of hydrogen-bond acceptors (Lipinski definition) is 2. The highest BCUT2D eigenvalue weighted by molar-refractivity contribution is 6.03. The van der Waals surface area contributed by atoms with E-state index < -0.39 is 40.7 Å². The molecule has 0 bridgehead atoms. The van der Waals surface area contributed by atoms with Crippen molar-refractivity contribution in [3.63, 3.8) is 0 Å². The van der Waals surface area contributed by atoms with Gasteiger partial charge in [0, 0.05) is 12.7 Å². The van der Waals surface area contributed by atoms with E-state index in [4.69, 9.17) is 0 Å². The van der Waals surface area contributed by atoms with E-state index in [9.17, 15) is 35.9 Å². The van der Waals surface area contributed by atoms with E-state index >= 15 is 0 Å². The lowest BCUT2D eigenvalue weighted by Crippen LogP contribution is -2.27. The Hall–Kier alpha value is -3.04. The summed E-state index contributed by atoms with van der Waals surface area (Å²) in [6.45, 7) is 1.54. The zero-order valence-corrected chi connectivity index (χ0v) is 15.1. The van der Waals surface area contributed by atoms with Crippen molar-refractivity contribution in [3.8, 4) is 0 Å². The highest BCUT2D eigenvalue weighted by atomic mass is 19.4. The van der Waals surface area contributed by atoms with Crippen molar-refractivity contribution in [2.24, 2.45) is 5.16 Å². The summed E-state index contributed by atoms with van der Waals surface area (Å²) in [5.74, 6) is -1.70. The molecule has 156 valence electrons. The minimum atomic E-state index is -4.75. The van der Waals surface area contributed by atoms with Gasteiger partial charge in [-0.25, -0.2) is 4.39 Å². The van der Waals surface area contributed by atoms with Gasteiger partial charge in [-0.2, -0.15) is 26.3 Å². The molecule has 0 unspecified atom stereocenters. The monoisotopic (exact) mass is 420 g/mol. The van der Waals surface area contributed by atoms with Gasteiger partial charge in [-0.15, -0.1) is 0 Å². The number of benzene rings is 2. The minimum absolute atomic E-state index is 0.242. The fraction of sp³-hybridized carbons (Fsp3) is 0.211. The molecular weight excluding hydrogens is 405 g/mol. The second-order valence-electron chi connectivity index (χ2n) is 5.92. The van der Waals surface area contributed by atoms with E-state index in [1.807, 2.05) is 0 Å². The van der Waals surface area contributed by atoms with Crippen LogP contribution in [0, 0.1) is 5.82 Å². The summed E-state index contributed by atoms with van der Waals surface area (Å²) in [6, 6.07) is 5.75. The van der Waals surface area contributed by atoms with Crippen molar-refractivity contribution in [1.82, 2.24) is 4.90 Å². The fourth-order valence-corrected chi connectivity index (χ4v) is 2.67. The van der Waals surface area contributed by atoms with Crippen LogP contribution in [0.1, 0.15) is 29.2 Å². The SMILES string of the molecule is C/C=C(/c1ccc(C(F)(F)F)cc1)N(C)/C(=N/O)c1ccc(C(F)(F)F)cc1F. The normalized spacial score (nSPS) is 13.6. The Morgan fingerprint density at radius 2 is 1.45 bits per heavy atom. The van der Waals surface area contributed by atoms with Gasteiger partial charge in [0.15, 0.2) is 5.84 Å². The van der Waals surface area contributed by atoms with E-state index in [1.54, 1.807) is 6.92 Å². The van der Waals surface area contributed by atoms with Gasteiger partial charge in [0.1, 0.15) is 5.82 Å². The van der Waals surface area contributed by atoms with Gasteiger partial charge < -0.3 is 10.1 Å². The zero-order chi connectivity index (χ0) is 22.0. The van der Waals surface area contributed by atoms with Crippen LogP contribution in [0.2, 0.25) is 0 Å². The van der Waals surface area contributed by atoms with Crippen LogP contribution in [-0.2, 0) is 12.4 Å². The van der Waals surface area contributed by atoms with Gasteiger partial charge in [-0.3, -0.25) is 0 Å². The molecule has 0 fully saturated rings. The number of amidine groups is 1. The first kappa shape index (κ1) is 22.3. The molecule has 2 rings (SSSR count). The van der Waals surface area contributed by atoms with Crippen LogP contribution in [0.4, 0.5) is 30.7 Å². The Labute approximate surface area is 161 Å². The van der Waals surface area contributed by atoms with E-state index in [1.165, 1.54) is 25.3 Å². The third-order valence-electron chi connectivity index (χ3n) is 4.09. The molecule has 0 spiro atoms. The van der Waals surface area contributed by atoms with Crippen molar-refractivity contribution >= 4 is 11.5 Å². The molecule has 0 saturated heterocycles. The van der Waals surface area contributed by atoms with E-state index in [2.05, 4.69) is 5.16 Å². The molecule has 0 aromatic heterocycles. The number of allylic oxidation sites excluding steroid dienone is 1. The van der Waals surface area contributed by atoms with Crippen LogP contribution in [0.5, 0.6) is 0 Å². The average Bonchev–Trinajstić information content (AvgIpc) is 2.63. The lowest BCUT2D eigenvalue weighted by Gasteiger charge is -2.24. The Balaban J connectivity index is 2.41. The van der Waals surface area contributed by atoms with Gasteiger partial charge in [0.2, 0.25) is 0 Å². The van der Waals surface area contributed by atoms with Crippen LogP contribution in [0.25, 0.3) is 5.70 Å². The summed E-state index contributed by atoms with van der Waals surface area (Å²) in [7, 11) is 1.33. The Morgan fingerprint density at radius 1 is 0.931 bits per heavy atom. The van der Waals surface area contributed by atoms with Crippen molar-refractivity contribution in [2.45, 2.75) is 19.3 Å². The zero-order valence-electron chi connectivity index (χ0n) is 15.1. The van der Waals surface area contributed by atoms with Crippen LogP contribution >= 0.6 is 0 Å². The lowest BCUT2D eigenvalue weighted by molar-refractivity contribution is -0.138. The second-order valence-corrected chi connectivity index (χ2v) is 5.92. The standard InChI is InChI=1S/C19H15F7N2O/c1-3-16(11-4-6-12(7-5-11)18(21,22)23)28(2)17(27-29)14-9-8-13(10-15(14)20)19(24,25)26/h3-10,29H,1-2H3/b16-3-,27-17+. The number of halogens is 7. The summed E-state index contributed by atoms with van der Waals surface area (Å²) in [5, 5.41) is 12.3. The quantitative estimate of drug-likeness (QED) is 0.218. The highest BCUT2D eigenvalue weighted by Crippen LogP contribution is 2.32. The smallest absolute Gasteiger partial charge is 0.409 e. The van der Waals surface area contributed by atoms with Crippen molar-refractivity contribution in [1.29, 1.82) is 0 Å². The van der Waals surface area contributed by atoms with E-state index in [-0.39, 0.29) is 17.3 Å². The van der Waals surface area contributed by atoms with E-state index in [0.717, 1.165) is 23.1 Å². The minimum Gasteiger partial charge on any atom is -0.409 e. The molecule has 3 nitrogen and oxygen atoms in total. The molecule has 0 aliphatic heterocycles. The molecule has 0 aliphatic rings. The summed E-state index contributed by atoms with van der Waals surface area (Å²) in [4.78, 5) is 1.15. The summed E-state index contributed by atoms with van der Waals surface area (Å²) in [6.07, 6.45) is -7.81. The largest absolute Gasteiger partial charge is 0.416 e.